The van der Waals surface area contributed by atoms with E-state index < -0.39 is 0 Å². The summed E-state index contributed by atoms with van der Waals surface area (Å²) in [5, 5.41) is 5.61. The van der Waals surface area contributed by atoms with Crippen molar-refractivity contribution in [2.24, 2.45) is 0 Å². The molecular formula is C17H25N3O3. The van der Waals surface area contributed by atoms with Crippen molar-refractivity contribution >= 4 is 23.3 Å². The van der Waals surface area contributed by atoms with Crippen molar-refractivity contribution in [1.82, 2.24) is 5.32 Å². The molecule has 2 N–H and O–H groups in total. The minimum absolute atomic E-state index is 0.0964. The second kappa shape index (κ2) is 8.41. The number of benzene rings is 1. The molecule has 0 aliphatic carbocycles. The lowest BCUT2D eigenvalue weighted by Crippen LogP contribution is -2.35. The number of ether oxygens (including phenoxy) is 1. The Balaban J connectivity index is 2.11. The number of rotatable bonds is 6. The van der Waals surface area contributed by atoms with E-state index in [2.05, 4.69) is 17.6 Å². The van der Waals surface area contributed by atoms with Crippen molar-refractivity contribution in [3.8, 4) is 5.75 Å². The highest BCUT2D eigenvalue weighted by atomic mass is 16.5. The zero-order valence-corrected chi connectivity index (χ0v) is 13.9. The van der Waals surface area contributed by atoms with Gasteiger partial charge in [-0.15, -0.1) is 0 Å². The Hall–Kier alpha value is -2.24. The van der Waals surface area contributed by atoms with Crippen LogP contribution in [0.15, 0.2) is 18.2 Å². The van der Waals surface area contributed by atoms with Gasteiger partial charge >= 0.3 is 6.03 Å². The molecule has 126 valence electrons. The van der Waals surface area contributed by atoms with Crippen LogP contribution in [-0.2, 0) is 4.79 Å². The standard InChI is InChI=1S/C17H25N3O3/c1-3-4-10-18-17(22)19-13-8-9-15(23-2)14(12-13)20-11-6-5-7-16(20)21/h8-9,12H,3-7,10-11H2,1-2H3,(H2,18,19,22). The highest BCUT2D eigenvalue weighted by Gasteiger charge is 2.23. The van der Waals surface area contributed by atoms with Crippen LogP contribution in [0.1, 0.15) is 39.0 Å². The Bertz CT molecular complexity index is 560. The SMILES string of the molecule is CCCCNC(=O)Nc1ccc(OC)c(N2CCCCC2=O)c1. The van der Waals surface area contributed by atoms with Crippen molar-refractivity contribution in [3.05, 3.63) is 18.2 Å². The first-order chi connectivity index (χ1) is 11.2. The molecule has 0 bridgehead atoms. The highest BCUT2D eigenvalue weighted by molar-refractivity contribution is 5.97. The lowest BCUT2D eigenvalue weighted by Gasteiger charge is -2.28. The van der Waals surface area contributed by atoms with Gasteiger partial charge in [0.15, 0.2) is 0 Å². The van der Waals surface area contributed by atoms with E-state index in [1.165, 1.54) is 0 Å². The second-order valence-corrected chi connectivity index (χ2v) is 5.62. The molecule has 1 aliphatic rings. The van der Waals surface area contributed by atoms with E-state index in [0.717, 1.165) is 25.7 Å². The van der Waals surface area contributed by atoms with Crippen LogP contribution in [0.3, 0.4) is 0 Å². The monoisotopic (exact) mass is 319 g/mol. The molecule has 0 aromatic heterocycles. The molecule has 1 saturated heterocycles. The third-order valence-electron chi connectivity index (χ3n) is 3.87. The molecular weight excluding hydrogens is 294 g/mol. The number of anilines is 2. The first kappa shape index (κ1) is 17.1. The van der Waals surface area contributed by atoms with E-state index in [-0.39, 0.29) is 11.9 Å². The number of piperidine rings is 1. The first-order valence-electron chi connectivity index (χ1n) is 8.19. The van der Waals surface area contributed by atoms with E-state index >= 15 is 0 Å². The third kappa shape index (κ3) is 4.61. The Morgan fingerprint density at radius 2 is 2.17 bits per heavy atom. The summed E-state index contributed by atoms with van der Waals surface area (Å²) < 4.78 is 5.36. The van der Waals surface area contributed by atoms with E-state index in [1.807, 2.05) is 0 Å². The van der Waals surface area contributed by atoms with Crippen LogP contribution in [0.2, 0.25) is 0 Å². The van der Waals surface area contributed by atoms with Gasteiger partial charge in [-0.3, -0.25) is 4.79 Å². The van der Waals surface area contributed by atoms with Crippen LogP contribution in [0.25, 0.3) is 0 Å². The average molecular weight is 319 g/mol. The molecule has 3 amide bonds. The fourth-order valence-corrected chi connectivity index (χ4v) is 2.59. The Kier molecular flexibility index (Phi) is 6.26. The molecule has 0 unspecified atom stereocenters. The summed E-state index contributed by atoms with van der Waals surface area (Å²) in [4.78, 5) is 25.7. The summed E-state index contributed by atoms with van der Waals surface area (Å²) in [7, 11) is 1.58. The molecule has 1 heterocycles. The number of carbonyl (C=O) groups excluding carboxylic acids is 2. The fourth-order valence-electron chi connectivity index (χ4n) is 2.59. The number of unbranched alkanes of at least 4 members (excludes halogenated alkanes) is 1. The normalized spacial score (nSPS) is 14.5. The summed E-state index contributed by atoms with van der Waals surface area (Å²) in [6.07, 6.45) is 4.44. The molecule has 0 atom stereocenters. The van der Waals surface area contributed by atoms with Crippen molar-refractivity contribution in [1.29, 1.82) is 0 Å². The predicted octanol–water partition coefficient (Wildman–Crippen LogP) is 3.13. The summed E-state index contributed by atoms with van der Waals surface area (Å²) in [6, 6.07) is 5.11. The van der Waals surface area contributed by atoms with Crippen molar-refractivity contribution < 1.29 is 14.3 Å². The minimum atomic E-state index is -0.237. The van der Waals surface area contributed by atoms with Gasteiger partial charge in [0.1, 0.15) is 5.75 Å². The molecule has 1 aromatic rings. The number of methoxy groups -OCH3 is 1. The second-order valence-electron chi connectivity index (χ2n) is 5.62. The number of nitrogens with zero attached hydrogens (tertiary/aromatic N) is 1. The molecule has 23 heavy (non-hydrogen) atoms. The molecule has 1 aromatic carbocycles. The smallest absolute Gasteiger partial charge is 0.319 e. The molecule has 1 aliphatic heterocycles. The number of amides is 3. The zero-order valence-electron chi connectivity index (χ0n) is 13.9. The van der Waals surface area contributed by atoms with E-state index in [0.29, 0.717) is 36.6 Å². The minimum Gasteiger partial charge on any atom is -0.495 e. The average Bonchev–Trinajstić information content (AvgIpc) is 2.55. The Morgan fingerprint density at radius 1 is 1.35 bits per heavy atom. The molecule has 0 saturated carbocycles. The first-order valence-corrected chi connectivity index (χ1v) is 8.19. The fraction of sp³-hybridized carbons (Fsp3) is 0.529. The van der Waals surface area contributed by atoms with Crippen molar-refractivity contribution in [3.63, 3.8) is 0 Å². The van der Waals surface area contributed by atoms with Gasteiger partial charge in [0, 0.05) is 25.2 Å². The highest BCUT2D eigenvalue weighted by Crippen LogP contribution is 2.33. The van der Waals surface area contributed by atoms with E-state index in [1.54, 1.807) is 30.2 Å². The van der Waals surface area contributed by atoms with Crippen LogP contribution >= 0.6 is 0 Å². The summed E-state index contributed by atoms with van der Waals surface area (Å²) in [5.74, 6) is 0.733. The Labute approximate surface area is 137 Å². The van der Waals surface area contributed by atoms with Crippen molar-refractivity contribution in [2.45, 2.75) is 39.0 Å². The number of urea groups is 1. The van der Waals surface area contributed by atoms with Crippen LogP contribution in [0.4, 0.5) is 16.2 Å². The maximum absolute atomic E-state index is 12.1. The number of hydrogen-bond acceptors (Lipinski definition) is 3. The zero-order chi connectivity index (χ0) is 16.7. The van der Waals surface area contributed by atoms with Crippen molar-refractivity contribution in [2.75, 3.05) is 30.4 Å². The lowest BCUT2D eigenvalue weighted by atomic mass is 10.1. The van der Waals surface area contributed by atoms with Crippen LogP contribution in [0.5, 0.6) is 5.75 Å². The van der Waals surface area contributed by atoms with E-state index in [4.69, 9.17) is 4.74 Å². The van der Waals surface area contributed by atoms with Crippen LogP contribution < -0.4 is 20.3 Å². The van der Waals surface area contributed by atoms with Gasteiger partial charge in [0.2, 0.25) is 5.91 Å². The van der Waals surface area contributed by atoms with Gasteiger partial charge < -0.3 is 20.3 Å². The molecule has 0 radical (unpaired) electrons. The van der Waals surface area contributed by atoms with Crippen LogP contribution in [0, 0.1) is 0 Å². The number of nitrogens with one attached hydrogen (secondary N) is 2. The third-order valence-corrected chi connectivity index (χ3v) is 3.87. The summed E-state index contributed by atoms with van der Waals surface area (Å²) >= 11 is 0. The topological polar surface area (TPSA) is 70.7 Å². The van der Waals surface area contributed by atoms with E-state index in [9.17, 15) is 9.59 Å². The van der Waals surface area contributed by atoms with Gasteiger partial charge in [-0.1, -0.05) is 13.3 Å². The van der Waals surface area contributed by atoms with Gasteiger partial charge in [0.25, 0.3) is 0 Å². The molecule has 1 fully saturated rings. The maximum atomic E-state index is 12.1. The lowest BCUT2D eigenvalue weighted by molar-refractivity contribution is -0.119. The predicted molar refractivity (Wildman–Crippen MR) is 91.1 cm³/mol. The largest absolute Gasteiger partial charge is 0.495 e. The quantitative estimate of drug-likeness (QED) is 0.791. The Morgan fingerprint density at radius 3 is 2.87 bits per heavy atom. The maximum Gasteiger partial charge on any atom is 0.319 e. The van der Waals surface area contributed by atoms with Gasteiger partial charge in [-0.2, -0.15) is 0 Å². The molecule has 6 nitrogen and oxygen atoms in total. The summed E-state index contributed by atoms with van der Waals surface area (Å²) in [5.41, 5.74) is 1.36. The van der Waals surface area contributed by atoms with Gasteiger partial charge in [-0.25, -0.2) is 4.79 Å². The molecule has 0 spiro atoms. The summed E-state index contributed by atoms with van der Waals surface area (Å²) in [6.45, 7) is 3.41. The van der Waals surface area contributed by atoms with Gasteiger partial charge in [0.05, 0.1) is 12.8 Å². The van der Waals surface area contributed by atoms with Gasteiger partial charge in [-0.05, 0) is 37.5 Å². The molecule has 2 rings (SSSR count). The number of hydrogen-bond donors (Lipinski definition) is 2. The van der Waals surface area contributed by atoms with Crippen LogP contribution in [-0.4, -0.2) is 32.1 Å². The number of carbonyl (C=O) groups is 2. The molecule has 6 heteroatoms.